The molecule has 0 aromatic heterocycles. The Morgan fingerprint density at radius 3 is 2.17 bits per heavy atom. The molecule has 7 rings (SSSR count). The van der Waals surface area contributed by atoms with E-state index in [-0.39, 0.29) is 80.2 Å². The summed E-state index contributed by atoms with van der Waals surface area (Å²) in [6.45, 7) is 8.28. The van der Waals surface area contributed by atoms with Crippen LogP contribution in [0.15, 0.2) is 96.1 Å². The molecule has 3 aromatic rings. The first-order valence-corrected chi connectivity index (χ1v) is 19.4. The number of hydrogen-bond acceptors (Lipinski definition) is 12. The number of ether oxygens (including phenoxy) is 3. The molecule has 8 unspecified atom stereocenters. The average molecular weight is 1020 g/mol. The first-order valence-electron chi connectivity index (χ1n) is 19.4. The van der Waals surface area contributed by atoms with Crippen molar-refractivity contribution in [1.82, 2.24) is 5.32 Å². The second-order valence-electron chi connectivity index (χ2n) is 16.9. The molecule has 309 valence electrons. The largest absolute Gasteiger partial charge is 0.456 e. The Kier molecular flexibility index (Phi) is 12.5. The van der Waals surface area contributed by atoms with E-state index in [0.717, 1.165) is 6.07 Å². The van der Waals surface area contributed by atoms with E-state index in [1.807, 2.05) is 0 Å². The first-order chi connectivity index (χ1) is 27.4. The Labute approximate surface area is 377 Å². The van der Waals surface area contributed by atoms with Crippen LogP contribution in [-0.2, 0) is 23.8 Å². The van der Waals surface area contributed by atoms with Crippen molar-refractivity contribution in [2.24, 2.45) is 22.7 Å². The van der Waals surface area contributed by atoms with Gasteiger partial charge < -0.3 is 34.8 Å². The molecule has 10 atom stereocenters. The monoisotopic (exact) mass is 1020 g/mol. The molecule has 1 saturated heterocycles. The minimum Gasteiger partial charge on any atom is -0.456 e. The number of esters is 2. The average Bonchev–Trinajstić information content (AvgIpc) is 3.20. The molecule has 0 spiro atoms. The third-order valence-electron chi connectivity index (χ3n) is 13.5. The second-order valence-corrected chi connectivity index (χ2v) is 16.9. The number of benzene rings is 3. The van der Waals surface area contributed by atoms with Crippen LogP contribution in [0, 0.1) is 76.8 Å². The first kappa shape index (κ1) is 44.7. The van der Waals surface area contributed by atoms with Crippen LogP contribution in [0.1, 0.15) is 86.2 Å². The predicted molar refractivity (Wildman–Crippen MR) is 207 cm³/mol. The van der Waals surface area contributed by atoms with Gasteiger partial charge in [0.25, 0.3) is 11.6 Å². The molecule has 1 heterocycles. The Morgan fingerprint density at radius 1 is 0.949 bits per heavy atom. The summed E-state index contributed by atoms with van der Waals surface area (Å²) >= 11 is 0. The Morgan fingerprint density at radius 2 is 1.56 bits per heavy atom. The minimum absolute atomic E-state index is 0. The maximum Gasteiger partial charge on any atom is 0.346 e. The summed E-state index contributed by atoms with van der Waals surface area (Å²) in [6, 6.07) is 20.5. The number of Topliss-reactive ketones (excluding diaryl/α,β-unsaturated/α-hetero) is 1. The molecule has 2 saturated carbocycles. The van der Waals surface area contributed by atoms with E-state index in [4.69, 9.17) is 14.2 Å². The smallest absolute Gasteiger partial charge is 0.346 e. The number of carbonyl (C=O) groups is 4. The number of nitrogens with zero attached hydrogens (tertiary/aromatic N) is 1. The number of aliphatic hydroxyl groups excluding tert-OH is 1. The van der Waals surface area contributed by atoms with Crippen LogP contribution in [0.4, 0.5) is 5.69 Å². The van der Waals surface area contributed by atoms with Crippen molar-refractivity contribution < 1.29 is 97.7 Å². The third kappa shape index (κ3) is 7.40. The van der Waals surface area contributed by atoms with Crippen molar-refractivity contribution >= 4 is 29.3 Å². The van der Waals surface area contributed by atoms with Crippen LogP contribution in [0.25, 0.3) is 0 Å². The van der Waals surface area contributed by atoms with Crippen molar-refractivity contribution in [3.63, 3.8) is 0 Å². The van der Waals surface area contributed by atoms with Crippen LogP contribution < -0.4 is 5.32 Å². The van der Waals surface area contributed by atoms with Gasteiger partial charge in [0.05, 0.1) is 29.3 Å². The number of ketones is 1. The Balaban J connectivity index is 0.00000585. The number of aliphatic hydroxyl groups is 3. The zero-order valence-electron chi connectivity index (χ0n) is 33.5. The van der Waals surface area contributed by atoms with Crippen molar-refractivity contribution in [2.45, 2.75) is 95.5 Å². The normalized spacial score (nSPS) is 31.6. The number of para-hydroxylation sites is 1. The molecule has 3 aromatic carbocycles. The Bertz CT molecular complexity index is 2180. The van der Waals surface area contributed by atoms with Gasteiger partial charge >= 0.3 is 11.9 Å². The van der Waals surface area contributed by atoms with Gasteiger partial charge in [0, 0.05) is 78.9 Å². The number of hydrogen-bond donors (Lipinski definition) is 4. The predicted octanol–water partition coefficient (Wildman–Crippen LogP) is 4.81. The standard InChI is InChI=1S/C44H48N2O12.Ac/c1-24-30(57-40(51)34(47)33(26-14-8-6-9-15-26)45-38(49)27-16-10-7-11-17-27)22-44(53)25(2)36-42(5,21-20-31-43(36,52)23-56-31)37(48)35(32(24)41(44,3)4)58-39(50)28-18-12-13-19-29(28)46(54)55;/h6-19,25,30-31,33-36,47,52-53H,20-23H2,1-5H3,(H,45,49);/t25-,30?,31?,33?,34?,35?,36?,42+,43?,44?;/m0./s1. The number of fused-ring (bicyclic) bond motifs is 5. The van der Waals surface area contributed by atoms with E-state index in [1.54, 1.807) is 95.3 Å². The fraction of sp³-hybridized carbons (Fsp3) is 0.455. The summed E-state index contributed by atoms with van der Waals surface area (Å²) in [5.41, 5.74) is -6.02. The van der Waals surface area contributed by atoms with Crippen molar-refractivity contribution in [3.8, 4) is 0 Å². The number of nitrogens with one attached hydrogen (secondary N) is 1. The van der Waals surface area contributed by atoms with Gasteiger partial charge in [-0.15, -0.1) is 0 Å². The number of carbonyl (C=O) groups excluding carboxylic acids is 4. The summed E-state index contributed by atoms with van der Waals surface area (Å²) in [5, 5.41) is 51.8. The number of rotatable bonds is 9. The van der Waals surface area contributed by atoms with E-state index < -0.39 is 104 Å². The molecule has 1 radical (unpaired) electrons. The zero-order chi connectivity index (χ0) is 41.9. The molecular weight excluding hydrogens is 975 g/mol. The molecule has 59 heavy (non-hydrogen) atoms. The van der Waals surface area contributed by atoms with Gasteiger partial charge in [-0.3, -0.25) is 19.7 Å². The van der Waals surface area contributed by atoms with Gasteiger partial charge in [0.2, 0.25) is 0 Å². The van der Waals surface area contributed by atoms with Gasteiger partial charge in [-0.2, -0.15) is 0 Å². The topological polar surface area (TPSA) is 212 Å². The molecule has 15 heteroatoms. The molecule has 1 aliphatic heterocycles. The van der Waals surface area contributed by atoms with Crippen LogP contribution in [-0.4, -0.2) is 86.1 Å². The SMILES string of the molecule is CC1=C2C(OC(=O)c3ccccc3[N+](=O)[O-])C(=O)[C@]3(C)CCC4OCC4(O)C3[C@H](C)C(O)(CC1OC(=O)C(O)C(NC(=O)c1ccccc1)c1ccccc1)C2(C)C.[Ac]. The Hall–Kier alpha value is -3.84. The van der Waals surface area contributed by atoms with Crippen LogP contribution in [0.2, 0.25) is 0 Å². The van der Waals surface area contributed by atoms with Crippen LogP contribution >= 0.6 is 0 Å². The summed E-state index contributed by atoms with van der Waals surface area (Å²) in [4.78, 5) is 68.0. The van der Waals surface area contributed by atoms with Gasteiger partial charge in [-0.05, 0) is 60.6 Å². The summed E-state index contributed by atoms with van der Waals surface area (Å²) in [5.74, 6) is -5.23. The molecule has 3 aliphatic carbocycles. The van der Waals surface area contributed by atoms with Crippen LogP contribution in [0.3, 0.4) is 0 Å². The van der Waals surface area contributed by atoms with Crippen molar-refractivity contribution in [3.05, 3.63) is 123 Å². The summed E-state index contributed by atoms with van der Waals surface area (Å²) < 4.78 is 17.9. The maximum absolute atomic E-state index is 15.3. The zero-order valence-corrected chi connectivity index (χ0v) is 38.2. The fourth-order valence-corrected chi connectivity index (χ4v) is 10.4. The minimum atomic E-state index is -1.95. The molecule has 4 N–H and O–H groups in total. The number of amides is 1. The number of nitro groups is 1. The molecule has 4 aliphatic rings. The molecule has 14 nitrogen and oxygen atoms in total. The van der Waals surface area contributed by atoms with E-state index >= 15 is 4.79 Å². The summed E-state index contributed by atoms with van der Waals surface area (Å²) in [7, 11) is 0. The number of nitro benzene ring substituents is 1. The maximum atomic E-state index is 15.3. The van der Waals surface area contributed by atoms with Gasteiger partial charge in [0.1, 0.15) is 17.3 Å². The molecule has 2 bridgehead atoms. The third-order valence-corrected chi connectivity index (χ3v) is 13.5. The van der Waals surface area contributed by atoms with E-state index in [2.05, 4.69) is 5.32 Å². The fourth-order valence-electron chi connectivity index (χ4n) is 10.4. The quantitative estimate of drug-likeness (QED) is 0.0986. The summed E-state index contributed by atoms with van der Waals surface area (Å²) in [6.07, 6.45) is -5.34. The van der Waals surface area contributed by atoms with Gasteiger partial charge in [0.15, 0.2) is 18.0 Å². The van der Waals surface area contributed by atoms with E-state index in [0.29, 0.717) is 12.0 Å². The van der Waals surface area contributed by atoms with Crippen molar-refractivity contribution in [2.75, 3.05) is 6.61 Å². The van der Waals surface area contributed by atoms with Gasteiger partial charge in [-0.1, -0.05) is 88.4 Å². The molecular formula is C44H48AcN2O12. The second kappa shape index (κ2) is 16.6. The molecule has 3 fully saturated rings. The molecule has 1 amide bonds. The van der Waals surface area contributed by atoms with Crippen LogP contribution in [0.5, 0.6) is 0 Å². The van der Waals surface area contributed by atoms with Crippen molar-refractivity contribution in [1.29, 1.82) is 0 Å². The van der Waals surface area contributed by atoms with E-state index in [1.165, 1.54) is 18.2 Å². The van der Waals surface area contributed by atoms with Gasteiger partial charge in [-0.25, -0.2) is 9.59 Å². The van der Waals surface area contributed by atoms with E-state index in [9.17, 15) is 39.8 Å².